The van der Waals surface area contributed by atoms with Gasteiger partial charge in [-0.3, -0.25) is 0 Å². The van der Waals surface area contributed by atoms with Gasteiger partial charge in [-0.2, -0.15) is 0 Å². The number of nitrogens with one attached hydrogen (secondary N) is 1. The summed E-state index contributed by atoms with van der Waals surface area (Å²) in [6, 6.07) is 9.14. The summed E-state index contributed by atoms with van der Waals surface area (Å²) in [7, 11) is 2.06. The quantitative estimate of drug-likeness (QED) is 0.840. The largest absolute Gasteiger partial charge is 0.313 e. The summed E-state index contributed by atoms with van der Waals surface area (Å²) < 4.78 is 1.15. The Balaban J connectivity index is 1.85. The molecule has 118 valence electrons. The standard InChI is InChI=1S/C18H29BrN2/c1-18(2,3)15-9-11-21(13-15)12-10-17(20-4)14-5-7-16(19)8-6-14/h5-8,15,17,20H,9-13H2,1-4H3. The Morgan fingerprint density at radius 3 is 2.48 bits per heavy atom. The molecule has 0 amide bonds. The SMILES string of the molecule is CNC(CCN1CCC(C(C)(C)C)C1)c1ccc(Br)cc1. The van der Waals surface area contributed by atoms with Gasteiger partial charge in [-0.1, -0.05) is 48.8 Å². The molecule has 1 aromatic carbocycles. The fourth-order valence-corrected chi connectivity index (χ4v) is 3.49. The van der Waals surface area contributed by atoms with Crippen LogP contribution >= 0.6 is 15.9 Å². The Kier molecular flexibility index (Phi) is 5.87. The summed E-state index contributed by atoms with van der Waals surface area (Å²) in [5.41, 5.74) is 1.83. The molecule has 3 heteroatoms. The first-order valence-electron chi connectivity index (χ1n) is 8.05. The third-order valence-corrected chi connectivity index (χ3v) is 5.38. The van der Waals surface area contributed by atoms with E-state index < -0.39 is 0 Å². The van der Waals surface area contributed by atoms with Crippen molar-refractivity contribution in [2.75, 3.05) is 26.7 Å². The fourth-order valence-electron chi connectivity index (χ4n) is 3.23. The van der Waals surface area contributed by atoms with Crippen molar-refractivity contribution < 1.29 is 0 Å². The van der Waals surface area contributed by atoms with Gasteiger partial charge in [0, 0.05) is 17.1 Å². The van der Waals surface area contributed by atoms with Crippen molar-refractivity contribution in [1.82, 2.24) is 10.2 Å². The second-order valence-electron chi connectivity index (χ2n) is 7.33. The molecule has 2 atom stereocenters. The van der Waals surface area contributed by atoms with Crippen LogP contribution in [0.3, 0.4) is 0 Å². The summed E-state index contributed by atoms with van der Waals surface area (Å²) in [6.07, 6.45) is 2.53. The predicted molar refractivity (Wildman–Crippen MR) is 94.6 cm³/mol. The number of likely N-dealkylation sites (tertiary alicyclic amines) is 1. The minimum Gasteiger partial charge on any atom is -0.313 e. The molecule has 1 aliphatic heterocycles. The smallest absolute Gasteiger partial charge is 0.0329 e. The molecule has 0 aromatic heterocycles. The molecule has 0 saturated carbocycles. The van der Waals surface area contributed by atoms with Crippen LogP contribution in [0.25, 0.3) is 0 Å². The van der Waals surface area contributed by atoms with Crippen molar-refractivity contribution in [2.24, 2.45) is 11.3 Å². The lowest BCUT2D eigenvalue weighted by Crippen LogP contribution is -2.29. The zero-order chi connectivity index (χ0) is 15.5. The van der Waals surface area contributed by atoms with Crippen LogP contribution in [0.5, 0.6) is 0 Å². The van der Waals surface area contributed by atoms with Gasteiger partial charge in [-0.15, -0.1) is 0 Å². The summed E-state index contributed by atoms with van der Waals surface area (Å²) in [4.78, 5) is 2.64. The van der Waals surface area contributed by atoms with Gasteiger partial charge in [0.05, 0.1) is 0 Å². The van der Waals surface area contributed by atoms with Gasteiger partial charge in [0.25, 0.3) is 0 Å². The summed E-state index contributed by atoms with van der Waals surface area (Å²) in [5, 5.41) is 3.46. The maximum atomic E-state index is 3.51. The van der Waals surface area contributed by atoms with Gasteiger partial charge in [-0.05, 0) is 62.0 Å². The minimum atomic E-state index is 0.447. The second kappa shape index (κ2) is 7.26. The van der Waals surface area contributed by atoms with E-state index in [2.05, 4.69) is 78.2 Å². The van der Waals surface area contributed by atoms with Gasteiger partial charge in [0.1, 0.15) is 0 Å². The van der Waals surface area contributed by atoms with Gasteiger partial charge < -0.3 is 10.2 Å². The summed E-state index contributed by atoms with van der Waals surface area (Å²) in [5.74, 6) is 0.846. The van der Waals surface area contributed by atoms with E-state index >= 15 is 0 Å². The fraction of sp³-hybridized carbons (Fsp3) is 0.667. The first-order valence-corrected chi connectivity index (χ1v) is 8.84. The third kappa shape index (κ3) is 4.80. The van der Waals surface area contributed by atoms with E-state index in [1.165, 1.54) is 38.0 Å². The molecule has 0 radical (unpaired) electrons. The molecule has 1 saturated heterocycles. The molecule has 1 heterocycles. The average Bonchev–Trinajstić information content (AvgIpc) is 2.90. The van der Waals surface area contributed by atoms with E-state index in [0.29, 0.717) is 11.5 Å². The van der Waals surface area contributed by atoms with Crippen LogP contribution in [-0.2, 0) is 0 Å². The number of hydrogen-bond donors (Lipinski definition) is 1. The lowest BCUT2D eigenvalue weighted by molar-refractivity contribution is 0.225. The maximum absolute atomic E-state index is 3.51. The Morgan fingerprint density at radius 1 is 1.29 bits per heavy atom. The molecular formula is C18H29BrN2. The summed E-state index contributed by atoms with van der Waals surface area (Å²) in [6.45, 7) is 10.8. The Bertz CT molecular complexity index is 436. The minimum absolute atomic E-state index is 0.447. The molecule has 0 aliphatic carbocycles. The Hall–Kier alpha value is -0.380. The van der Waals surface area contributed by atoms with E-state index in [9.17, 15) is 0 Å². The molecule has 2 rings (SSSR count). The van der Waals surface area contributed by atoms with Crippen LogP contribution in [-0.4, -0.2) is 31.6 Å². The van der Waals surface area contributed by atoms with Gasteiger partial charge >= 0.3 is 0 Å². The maximum Gasteiger partial charge on any atom is 0.0329 e. The predicted octanol–water partition coefficient (Wildman–Crippen LogP) is 4.47. The zero-order valence-electron chi connectivity index (χ0n) is 13.8. The van der Waals surface area contributed by atoms with Crippen LogP contribution in [0.1, 0.15) is 45.2 Å². The van der Waals surface area contributed by atoms with Gasteiger partial charge in [-0.25, -0.2) is 0 Å². The van der Waals surface area contributed by atoms with Crippen molar-refractivity contribution in [2.45, 2.75) is 39.7 Å². The first-order chi connectivity index (χ1) is 9.90. The lowest BCUT2D eigenvalue weighted by atomic mass is 9.80. The highest BCUT2D eigenvalue weighted by Gasteiger charge is 2.31. The van der Waals surface area contributed by atoms with Crippen LogP contribution in [0.4, 0.5) is 0 Å². The third-order valence-electron chi connectivity index (χ3n) is 4.85. The molecule has 2 nitrogen and oxygen atoms in total. The molecule has 0 bridgehead atoms. The lowest BCUT2D eigenvalue weighted by Gasteiger charge is -2.27. The van der Waals surface area contributed by atoms with Gasteiger partial charge in [0.2, 0.25) is 0 Å². The molecule has 21 heavy (non-hydrogen) atoms. The number of benzene rings is 1. The van der Waals surface area contributed by atoms with E-state index in [1.807, 2.05) is 0 Å². The highest BCUT2D eigenvalue weighted by atomic mass is 79.9. The molecular weight excluding hydrogens is 324 g/mol. The van der Waals surface area contributed by atoms with Crippen LogP contribution < -0.4 is 5.32 Å². The Morgan fingerprint density at radius 2 is 1.95 bits per heavy atom. The van der Waals surface area contributed by atoms with Crippen LogP contribution in [0.15, 0.2) is 28.7 Å². The topological polar surface area (TPSA) is 15.3 Å². The highest BCUT2D eigenvalue weighted by molar-refractivity contribution is 9.10. The molecule has 1 aliphatic rings. The van der Waals surface area contributed by atoms with Crippen molar-refractivity contribution in [3.63, 3.8) is 0 Å². The molecule has 1 fully saturated rings. The van der Waals surface area contributed by atoms with E-state index in [-0.39, 0.29) is 0 Å². The van der Waals surface area contributed by atoms with E-state index in [4.69, 9.17) is 0 Å². The molecule has 1 N–H and O–H groups in total. The van der Waals surface area contributed by atoms with Crippen molar-refractivity contribution in [3.8, 4) is 0 Å². The Labute approximate surface area is 138 Å². The first kappa shape index (κ1) is 17.0. The van der Waals surface area contributed by atoms with E-state index in [1.54, 1.807) is 0 Å². The second-order valence-corrected chi connectivity index (χ2v) is 8.25. The van der Waals surface area contributed by atoms with Crippen molar-refractivity contribution >= 4 is 15.9 Å². The van der Waals surface area contributed by atoms with Crippen LogP contribution in [0, 0.1) is 11.3 Å². The van der Waals surface area contributed by atoms with Crippen molar-refractivity contribution in [3.05, 3.63) is 34.3 Å². The molecule has 0 spiro atoms. The molecule has 2 unspecified atom stereocenters. The number of halogens is 1. The number of nitrogens with zero attached hydrogens (tertiary/aromatic N) is 1. The van der Waals surface area contributed by atoms with Crippen molar-refractivity contribution in [1.29, 1.82) is 0 Å². The number of hydrogen-bond acceptors (Lipinski definition) is 2. The molecule has 1 aromatic rings. The van der Waals surface area contributed by atoms with E-state index in [0.717, 1.165) is 10.4 Å². The summed E-state index contributed by atoms with van der Waals surface area (Å²) >= 11 is 3.51. The number of rotatable bonds is 5. The monoisotopic (exact) mass is 352 g/mol. The zero-order valence-corrected chi connectivity index (χ0v) is 15.4. The van der Waals surface area contributed by atoms with Crippen LogP contribution in [0.2, 0.25) is 0 Å². The normalized spacial score (nSPS) is 21.7. The average molecular weight is 353 g/mol. The van der Waals surface area contributed by atoms with Gasteiger partial charge in [0.15, 0.2) is 0 Å². The highest BCUT2D eigenvalue weighted by Crippen LogP contribution is 2.33.